The van der Waals surface area contributed by atoms with E-state index in [0.29, 0.717) is 0 Å². The van der Waals surface area contributed by atoms with Gasteiger partial charge in [0.05, 0.1) is 22.1 Å². The van der Waals surface area contributed by atoms with Crippen molar-refractivity contribution >= 4 is 65.2 Å². The lowest BCUT2D eigenvalue weighted by molar-refractivity contribution is 1.18. The first kappa shape index (κ1) is 25.2. The molecule has 0 bridgehead atoms. The van der Waals surface area contributed by atoms with E-state index in [0.717, 1.165) is 16.8 Å². The number of nitrogens with zero attached hydrogens (tertiary/aromatic N) is 3. The van der Waals surface area contributed by atoms with Crippen molar-refractivity contribution in [2.45, 2.75) is 0 Å². The van der Waals surface area contributed by atoms with Gasteiger partial charge in [-0.2, -0.15) is 0 Å². The van der Waals surface area contributed by atoms with Gasteiger partial charge in [0.25, 0.3) is 0 Å². The highest BCUT2D eigenvalue weighted by Gasteiger charge is 2.19. The smallest absolute Gasteiger partial charge is 0.0547 e. The van der Waals surface area contributed by atoms with E-state index in [1.165, 1.54) is 70.9 Å². The van der Waals surface area contributed by atoms with Crippen LogP contribution in [-0.4, -0.2) is 14.1 Å². The van der Waals surface area contributed by atoms with E-state index >= 15 is 0 Å². The summed E-state index contributed by atoms with van der Waals surface area (Å²) in [4.78, 5) is 4.65. The zero-order valence-corrected chi connectivity index (χ0v) is 24.9. The Morgan fingerprint density at radius 1 is 0.370 bits per heavy atom. The zero-order valence-electron chi connectivity index (χ0n) is 24.9. The van der Waals surface area contributed by atoms with E-state index in [1.807, 2.05) is 12.4 Å². The lowest BCUT2D eigenvalue weighted by Crippen LogP contribution is -1.94. The lowest BCUT2D eigenvalue weighted by atomic mass is 9.91. The molecule has 0 spiro atoms. The predicted molar refractivity (Wildman–Crippen MR) is 193 cm³/mol. The maximum absolute atomic E-state index is 4.65. The Hall–Kier alpha value is -6.19. The molecule has 0 saturated heterocycles. The van der Waals surface area contributed by atoms with Crippen molar-refractivity contribution in [3.8, 4) is 22.5 Å². The Morgan fingerprint density at radius 2 is 1.00 bits per heavy atom. The van der Waals surface area contributed by atoms with E-state index in [1.54, 1.807) is 0 Å². The molecule has 0 aliphatic rings. The maximum Gasteiger partial charge on any atom is 0.0547 e. The topological polar surface area (TPSA) is 22.8 Å². The molecule has 3 aromatic heterocycles. The van der Waals surface area contributed by atoms with Gasteiger partial charge >= 0.3 is 0 Å². The Morgan fingerprint density at radius 3 is 1.76 bits per heavy atom. The molecule has 0 N–H and O–H groups in total. The summed E-state index contributed by atoms with van der Waals surface area (Å²) in [6, 6.07) is 54.9. The number of benzene rings is 7. The van der Waals surface area contributed by atoms with Crippen molar-refractivity contribution in [3.63, 3.8) is 0 Å². The molecule has 3 heteroatoms. The summed E-state index contributed by atoms with van der Waals surface area (Å²) in [5.74, 6) is 0. The minimum absolute atomic E-state index is 1.15. The average molecular weight is 586 g/mol. The highest BCUT2D eigenvalue weighted by molar-refractivity contribution is 6.23. The third-order valence-electron chi connectivity index (χ3n) is 9.56. The van der Waals surface area contributed by atoms with E-state index in [4.69, 9.17) is 0 Å². The number of fused-ring (bicyclic) bond motifs is 9. The second kappa shape index (κ2) is 9.65. The van der Waals surface area contributed by atoms with Gasteiger partial charge in [-0.1, -0.05) is 84.9 Å². The van der Waals surface area contributed by atoms with Crippen LogP contribution in [0, 0.1) is 0 Å². The number of pyridine rings is 1. The summed E-state index contributed by atoms with van der Waals surface area (Å²) in [5, 5.41) is 9.83. The van der Waals surface area contributed by atoms with Crippen molar-refractivity contribution in [2.75, 3.05) is 0 Å². The number of hydrogen-bond acceptors (Lipinski definition) is 1. The SMILES string of the molecule is c1ccc(-n2c3ccccc3c3cc4cc(-c5cccc6c5c5ccccc5n6-c5ccccc5)c5cnccc5c4cc32)cc1. The first-order valence-electron chi connectivity index (χ1n) is 15.7. The van der Waals surface area contributed by atoms with Gasteiger partial charge in [0.2, 0.25) is 0 Å². The largest absolute Gasteiger partial charge is 0.309 e. The van der Waals surface area contributed by atoms with Gasteiger partial charge in [-0.15, -0.1) is 0 Å². The molecule has 0 unspecified atom stereocenters. The molecule has 3 heterocycles. The van der Waals surface area contributed by atoms with Gasteiger partial charge in [0, 0.05) is 50.7 Å². The van der Waals surface area contributed by atoms with Crippen molar-refractivity contribution in [1.82, 2.24) is 14.1 Å². The summed E-state index contributed by atoms with van der Waals surface area (Å²) in [7, 11) is 0. The van der Waals surface area contributed by atoms with E-state index in [9.17, 15) is 0 Å². The van der Waals surface area contributed by atoms with Crippen LogP contribution in [-0.2, 0) is 0 Å². The van der Waals surface area contributed by atoms with E-state index < -0.39 is 0 Å². The molecule has 10 aromatic rings. The number of hydrogen-bond donors (Lipinski definition) is 0. The van der Waals surface area contributed by atoms with Crippen molar-refractivity contribution in [3.05, 3.63) is 164 Å². The van der Waals surface area contributed by atoms with E-state index in [-0.39, 0.29) is 0 Å². The highest BCUT2D eigenvalue weighted by Crippen LogP contribution is 2.44. The van der Waals surface area contributed by atoms with Crippen LogP contribution in [0.25, 0.3) is 87.7 Å². The summed E-state index contributed by atoms with van der Waals surface area (Å²) < 4.78 is 4.78. The molecule has 10 rings (SSSR count). The van der Waals surface area contributed by atoms with Crippen LogP contribution >= 0.6 is 0 Å². The Labute approximate surface area is 265 Å². The summed E-state index contributed by atoms with van der Waals surface area (Å²) in [5.41, 5.74) is 9.56. The molecule has 0 radical (unpaired) electrons. The predicted octanol–water partition coefficient (Wildman–Crippen LogP) is 11.2. The van der Waals surface area contributed by atoms with Crippen LogP contribution in [0.15, 0.2) is 164 Å². The van der Waals surface area contributed by atoms with Crippen molar-refractivity contribution < 1.29 is 0 Å². The first-order valence-corrected chi connectivity index (χ1v) is 15.7. The maximum atomic E-state index is 4.65. The van der Waals surface area contributed by atoms with Crippen LogP contribution in [0.3, 0.4) is 0 Å². The van der Waals surface area contributed by atoms with Crippen LogP contribution < -0.4 is 0 Å². The Balaban J connectivity index is 1.33. The lowest BCUT2D eigenvalue weighted by Gasteiger charge is -2.14. The van der Waals surface area contributed by atoms with Gasteiger partial charge in [0.1, 0.15) is 0 Å². The second-order valence-corrected chi connectivity index (χ2v) is 12.0. The third-order valence-corrected chi connectivity index (χ3v) is 9.56. The fourth-order valence-corrected chi connectivity index (χ4v) is 7.64. The van der Waals surface area contributed by atoms with Gasteiger partial charge in [-0.25, -0.2) is 0 Å². The van der Waals surface area contributed by atoms with Gasteiger partial charge < -0.3 is 9.13 Å². The van der Waals surface area contributed by atoms with Gasteiger partial charge in [-0.3, -0.25) is 4.98 Å². The molecular formula is C43H27N3. The summed E-state index contributed by atoms with van der Waals surface area (Å²) in [6.45, 7) is 0. The Kier molecular flexibility index (Phi) is 5.28. The number of para-hydroxylation sites is 4. The molecule has 46 heavy (non-hydrogen) atoms. The van der Waals surface area contributed by atoms with Crippen molar-refractivity contribution in [1.29, 1.82) is 0 Å². The molecule has 0 saturated carbocycles. The van der Waals surface area contributed by atoms with Crippen LogP contribution in [0.1, 0.15) is 0 Å². The van der Waals surface area contributed by atoms with Crippen LogP contribution in [0.4, 0.5) is 0 Å². The molecule has 0 fully saturated rings. The average Bonchev–Trinajstić information content (AvgIpc) is 3.64. The fraction of sp³-hybridized carbons (Fsp3) is 0. The minimum Gasteiger partial charge on any atom is -0.309 e. The normalized spacial score (nSPS) is 11.9. The van der Waals surface area contributed by atoms with Crippen molar-refractivity contribution in [2.24, 2.45) is 0 Å². The number of aromatic nitrogens is 3. The summed E-state index contributed by atoms with van der Waals surface area (Å²) in [6.07, 6.45) is 3.96. The Bertz CT molecular complexity index is 2790. The molecule has 0 atom stereocenters. The molecule has 0 aliphatic carbocycles. The number of rotatable bonds is 3. The minimum atomic E-state index is 1.15. The monoisotopic (exact) mass is 585 g/mol. The van der Waals surface area contributed by atoms with Gasteiger partial charge in [-0.05, 0) is 94.0 Å². The fourth-order valence-electron chi connectivity index (χ4n) is 7.64. The first-order chi connectivity index (χ1) is 22.8. The molecule has 7 aromatic carbocycles. The summed E-state index contributed by atoms with van der Waals surface area (Å²) >= 11 is 0. The quantitative estimate of drug-likeness (QED) is 0.189. The van der Waals surface area contributed by atoms with Crippen LogP contribution in [0.2, 0.25) is 0 Å². The molecular weight excluding hydrogens is 558 g/mol. The molecule has 3 nitrogen and oxygen atoms in total. The standard InChI is InChI=1S/C43H27N3/c1-3-12-29(13-4-1)45-40-20-10-8-17-34(40)43-33(18-11-21-41(43)45)36-24-28-25-37-32-16-7-9-19-39(32)46(30-14-5-2-6-15-30)42(37)26-35(28)31-22-23-44-27-38(31)36/h1-27H. The molecule has 214 valence electrons. The second-order valence-electron chi connectivity index (χ2n) is 12.0. The third kappa shape index (κ3) is 3.51. The van der Waals surface area contributed by atoms with Gasteiger partial charge in [0.15, 0.2) is 0 Å². The zero-order chi connectivity index (χ0) is 30.2. The van der Waals surface area contributed by atoms with E-state index in [2.05, 4.69) is 166 Å². The molecule has 0 amide bonds. The highest BCUT2D eigenvalue weighted by atomic mass is 15.0. The molecule has 0 aliphatic heterocycles. The van der Waals surface area contributed by atoms with Crippen LogP contribution in [0.5, 0.6) is 0 Å².